The second kappa shape index (κ2) is 7.85. The van der Waals surface area contributed by atoms with Gasteiger partial charge in [-0.25, -0.2) is 9.18 Å². The molecule has 1 aliphatic heterocycles. The molecule has 0 saturated carbocycles. The van der Waals surface area contributed by atoms with E-state index in [0.29, 0.717) is 13.0 Å². The molecule has 25 heavy (non-hydrogen) atoms. The summed E-state index contributed by atoms with van der Waals surface area (Å²) in [6.45, 7) is 8.15. The Kier molecular flexibility index (Phi) is 6.03. The number of hydrogen-bond acceptors (Lipinski definition) is 4. The molecule has 0 aliphatic carbocycles. The van der Waals surface area contributed by atoms with Gasteiger partial charge in [-0.3, -0.25) is 4.79 Å². The maximum atomic E-state index is 13.2. The molecule has 1 amide bonds. The van der Waals surface area contributed by atoms with E-state index >= 15 is 0 Å². The molecule has 0 bridgehead atoms. The van der Waals surface area contributed by atoms with Crippen molar-refractivity contribution in [3.63, 3.8) is 0 Å². The van der Waals surface area contributed by atoms with Crippen molar-refractivity contribution in [3.05, 3.63) is 35.6 Å². The highest BCUT2D eigenvalue weighted by atomic mass is 19.1. The van der Waals surface area contributed by atoms with Gasteiger partial charge in [0.15, 0.2) is 0 Å². The zero-order valence-electron chi connectivity index (χ0n) is 15.3. The summed E-state index contributed by atoms with van der Waals surface area (Å²) in [6.07, 6.45) is 0.160. The van der Waals surface area contributed by atoms with E-state index in [1.165, 1.54) is 12.1 Å². The van der Waals surface area contributed by atoms with Crippen molar-refractivity contribution >= 4 is 12.1 Å². The van der Waals surface area contributed by atoms with Crippen LogP contribution in [0.15, 0.2) is 24.3 Å². The Balaban J connectivity index is 2.18. The summed E-state index contributed by atoms with van der Waals surface area (Å²) in [5.74, 6) is -1.27. The summed E-state index contributed by atoms with van der Waals surface area (Å²) >= 11 is 0. The first kappa shape index (κ1) is 19.2. The van der Waals surface area contributed by atoms with Crippen LogP contribution in [0.1, 0.15) is 45.6 Å². The van der Waals surface area contributed by atoms with E-state index < -0.39 is 17.6 Å². The third-order valence-corrected chi connectivity index (χ3v) is 4.15. The van der Waals surface area contributed by atoms with Crippen LogP contribution in [-0.4, -0.2) is 42.3 Å². The van der Waals surface area contributed by atoms with Crippen molar-refractivity contribution < 1.29 is 23.5 Å². The summed E-state index contributed by atoms with van der Waals surface area (Å²) in [7, 11) is 0. The third-order valence-electron chi connectivity index (χ3n) is 4.15. The summed E-state index contributed by atoms with van der Waals surface area (Å²) < 4.78 is 23.8. The van der Waals surface area contributed by atoms with E-state index in [1.54, 1.807) is 44.7 Å². The number of carbonyl (C=O) groups is 2. The lowest BCUT2D eigenvalue weighted by Crippen LogP contribution is -2.47. The number of rotatable bonds is 3. The first-order valence-electron chi connectivity index (χ1n) is 8.61. The fraction of sp³-hybridized carbons (Fsp3) is 0.579. The highest BCUT2D eigenvalue weighted by Crippen LogP contribution is 2.34. The van der Waals surface area contributed by atoms with Crippen LogP contribution in [0.2, 0.25) is 0 Å². The van der Waals surface area contributed by atoms with E-state index in [4.69, 9.17) is 9.47 Å². The van der Waals surface area contributed by atoms with Crippen LogP contribution in [0.3, 0.4) is 0 Å². The lowest BCUT2D eigenvalue weighted by atomic mass is 9.80. The van der Waals surface area contributed by atoms with Gasteiger partial charge in [-0.1, -0.05) is 12.1 Å². The number of esters is 1. The molecule has 0 N–H and O–H groups in total. The molecule has 0 aromatic heterocycles. The van der Waals surface area contributed by atoms with Gasteiger partial charge in [0.05, 0.1) is 12.5 Å². The highest BCUT2D eigenvalue weighted by Gasteiger charge is 2.39. The normalized spacial score (nSPS) is 20.9. The molecule has 0 spiro atoms. The van der Waals surface area contributed by atoms with E-state index in [1.807, 2.05) is 0 Å². The summed E-state index contributed by atoms with van der Waals surface area (Å²) in [5, 5.41) is 0. The van der Waals surface area contributed by atoms with Crippen molar-refractivity contribution in [2.24, 2.45) is 5.92 Å². The Morgan fingerprint density at radius 3 is 2.44 bits per heavy atom. The number of hydrogen-bond donors (Lipinski definition) is 0. The van der Waals surface area contributed by atoms with Gasteiger partial charge >= 0.3 is 12.1 Å². The second-order valence-electron chi connectivity index (χ2n) is 7.23. The number of nitrogens with zero attached hydrogens (tertiary/aromatic N) is 1. The molecule has 1 aromatic rings. The van der Waals surface area contributed by atoms with Gasteiger partial charge in [0.1, 0.15) is 11.4 Å². The first-order valence-corrected chi connectivity index (χ1v) is 8.61. The van der Waals surface area contributed by atoms with Gasteiger partial charge in [0, 0.05) is 19.0 Å². The zero-order valence-corrected chi connectivity index (χ0v) is 15.3. The van der Waals surface area contributed by atoms with Gasteiger partial charge in [0.2, 0.25) is 0 Å². The number of halogens is 1. The van der Waals surface area contributed by atoms with Crippen LogP contribution in [0.25, 0.3) is 0 Å². The summed E-state index contributed by atoms with van der Waals surface area (Å²) in [5.41, 5.74) is 0.285. The highest BCUT2D eigenvalue weighted by molar-refractivity contribution is 5.76. The Labute approximate surface area is 148 Å². The maximum Gasteiger partial charge on any atom is 0.410 e. The fourth-order valence-electron chi connectivity index (χ4n) is 3.04. The van der Waals surface area contributed by atoms with Gasteiger partial charge in [-0.05, 0) is 51.8 Å². The monoisotopic (exact) mass is 351 g/mol. The molecule has 1 aromatic carbocycles. The molecule has 0 radical (unpaired) electrons. The number of amides is 1. The first-order chi connectivity index (χ1) is 11.7. The largest absolute Gasteiger partial charge is 0.466 e. The van der Waals surface area contributed by atoms with Gasteiger partial charge in [0.25, 0.3) is 0 Å². The van der Waals surface area contributed by atoms with E-state index in [0.717, 1.165) is 5.56 Å². The summed E-state index contributed by atoms with van der Waals surface area (Å²) in [6, 6.07) is 6.15. The van der Waals surface area contributed by atoms with E-state index in [2.05, 4.69) is 0 Å². The average Bonchev–Trinajstić information content (AvgIpc) is 2.54. The van der Waals surface area contributed by atoms with Crippen LogP contribution >= 0.6 is 0 Å². The Morgan fingerprint density at radius 2 is 1.88 bits per heavy atom. The molecule has 1 heterocycles. The summed E-state index contributed by atoms with van der Waals surface area (Å²) in [4.78, 5) is 26.3. The van der Waals surface area contributed by atoms with Gasteiger partial charge < -0.3 is 14.4 Å². The van der Waals surface area contributed by atoms with Crippen molar-refractivity contribution in [2.75, 3.05) is 19.7 Å². The van der Waals surface area contributed by atoms with Crippen molar-refractivity contribution in [1.29, 1.82) is 0 Å². The Bertz CT molecular complexity index is 609. The molecule has 6 heteroatoms. The number of benzene rings is 1. The minimum absolute atomic E-state index is 0.113. The molecule has 138 valence electrons. The number of likely N-dealkylation sites (tertiary alicyclic amines) is 1. The molecule has 2 rings (SSSR count). The van der Waals surface area contributed by atoms with Crippen LogP contribution in [0, 0.1) is 11.7 Å². The second-order valence-corrected chi connectivity index (χ2v) is 7.23. The van der Waals surface area contributed by atoms with Gasteiger partial charge in [-0.2, -0.15) is 0 Å². The zero-order chi connectivity index (χ0) is 18.6. The third kappa shape index (κ3) is 5.18. The number of piperidine rings is 1. The SMILES string of the molecule is CCOC(=O)[C@H]1CN(C(=O)OC(C)(C)C)CC[C@H]1c1ccc(F)cc1. The number of ether oxygens (including phenoxy) is 2. The van der Waals surface area contributed by atoms with Crippen LogP contribution in [0.4, 0.5) is 9.18 Å². The topological polar surface area (TPSA) is 55.8 Å². The van der Waals surface area contributed by atoms with Crippen molar-refractivity contribution in [1.82, 2.24) is 4.90 Å². The van der Waals surface area contributed by atoms with Gasteiger partial charge in [-0.15, -0.1) is 0 Å². The molecule has 2 atom stereocenters. The predicted octanol–water partition coefficient (Wildman–Crippen LogP) is 3.73. The quantitative estimate of drug-likeness (QED) is 0.779. The van der Waals surface area contributed by atoms with Crippen molar-refractivity contribution in [2.45, 2.75) is 45.6 Å². The predicted molar refractivity (Wildman–Crippen MR) is 91.7 cm³/mol. The Morgan fingerprint density at radius 1 is 1.24 bits per heavy atom. The molecular weight excluding hydrogens is 325 g/mol. The Hall–Kier alpha value is -2.11. The standard InChI is InChI=1S/C19H26FNO4/c1-5-24-17(22)16-12-21(18(23)25-19(2,3)4)11-10-15(16)13-6-8-14(20)9-7-13/h6-9,15-16H,5,10-12H2,1-4H3/t15-,16-/m0/s1. The average molecular weight is 351 g/mol. The fourth-order valence-corrected chi connectivity index (χ4v) is 3.04. The minimum atomic E-state index is -0.593. The lowest BCUT2D eigenvalue weighted by molar-refractivity contribution is -0.150. The molecule has 1 aliphatic rings. The van der Waals surface area contributed by atoms with Crippen molar-refractivity contribution in [3.8, 4) is 0 Å². The smallest absolute Gasteiger partial charge is 0.410 e. The van der Waals surface area contributed by atoms with Crippen LogP contribution in [-0.2, 0) is 14.3 Å². The molecular formula is C19H26FNO4. The lowest BCUT2D eigenvalue weighted by Gasteiger charge is -2.38. The number of carbonyl (C=O) groups excluding carboxylic acids is 2. The van der Waals surface area contributed by atoms with Crippen LogP contribution in [0.5, 0.6) is 0 Å². The van der Waals surface area contributed by atoms with Crippen LogP contribution < -0.4 is 0 Å². The molecule has 1 fully saturated rings. The molecule has 1 saturated heterocycles. The molecule has 5 nitrogen and oxygen atoms in total. The minimum Gasteiger partial charge on any atom is -0.466 e. The van der Waals surface area contributed by atoms with E-state index in [9.17, 15) is 14.0 Å². The molecule has 0 unspecified atom stereocenters. The maximum absolute atomic E-state index is 13.2. The van der Waals surface area contributed by atoms with E-state index in [-0.39, 0.29) is 30.9 Å².